The van der Waals surface area contributed by atoms with Gasteiger partial charge in [-0.15, -0.1) is 0 Å². The third-order valence-corrected chi connectivity index (χ3v) is 3.99. The first-order valence-corrected chi connectivity index (χ1v) is 7.43. The number of aromatic amines is 1. The largest absolute Gasteiger partial charge is 0.379 e. The Morgan fingerprint density at radius 1 is 1.32 bits per heavy atom. The third kappa shape index (κ3) is 3.15. The molecule has 0 bridgehead atoms. The number of hydrogen-bond donors (Lipinski definition) is 3. The Kier molecular flexibility index (Phi) is 3.64. The number of nitrogens with two attached hydrogens (primary N) is 1. The van der Waals surface area contributed by atoms with E-state index < -0.39 is 10.0 Å². The molecule has 0 aliphatic rings. The van der Waals surface area contributed by atoms with Gasteiger partial charge in [0.05, 0.1) is 11.4 Å². The highest BCUT2D eigenvalue weighted by Gasteiger charge is 2.12. The van der Waals surface area contributed by atoms with Crippen LogP contribution in [0.5, 0.6) is 0 Å². The highest BCUT2D eigenvalue weighted by atomic mass is 32.2. The Bertz CT molecular complexity index is 676. The Balaban J connectivity index is 2.31. The summed E-state index contributed by atoms with van der Waals surface area (Å²) < 4.78 is 22.9. The lowest BCUT2D eigenvalue weighted by molar-refractivity contribution is 0.597. The smallest absolute Gasteiger partial charge is 0.238 e. The summed E-state index contributed by atoms with van der Waals surface area (Å²) in [5, 5.41) is 8.39. The van der Waals surface area contributed by atoms with Crippen LogP contribution in [-0.2, 0) is 16.6 Å². The zero-order chi connectivity index (χ0) is 14.0. The summed E-state index contributed by atoms with van der Waals surface area (Å²) in [7, 11) is -3.68. The molecule has 0 unspecified atom stereocenters. The van der Waals surface area contributed by atoms with Gasteiger partial charge in [0.2, 0.25) is 10.0 Å². The number of anilines is 1. The predicted octanol–water partition coefficient (Wildman–Crippen LogP) is 1.89. The number of hydrogen-bond acceptors (Lipinski definition) is 3. The topological polar surface area (TPSA) is 88.0 Å². The summed E-state index contributed by atoms with van der Waals surface area (Å²) in [5.74, 6) is 0. The molecule has 0 saturated heterocycles. The van der Waals surface area contributed by atoms with E-state index in [1.54, 1.807) is 12.1 Å². The molecule has 0 saturated carbocycles. The fourth-order valence-corrected chi connectivity index (χ4v) is 2.47. The SMILES string of the molecule is Cc1cc(S(N)(=O)=O)cc(NCc2ccc[nH]2)c1C. The van der Waals surface area contributed by atoms with Gasteiger partial charge in [-0.2, -0.15) is 0 Å². The second-order valence-corrected chi connectivity index (χ2v) is 6.07. The molecule has 0 aliphatic carbocycles. The van der Waals surface area contributed by atoms with Crippen LogP contribution in [-0.4, -0.2) is 13.4 Å². The van der Waals surface area contributed by atoms with Crippen molar-refractivity contribution in [3.8, 4) is 0 Å². The summed E-state index contributed by atoms with van der Waals surface area (Å²) in [6.45, 7) is 4.41. The molecule has 2 aromatic rings. The fourth-order valence-electron chi connectivity index (χ4n) is 1.84. The number of H-pyrrole nitrogens is 1. The molecule has 19 heavy (non-hydrogen) atoms. The Labute approximate surface area is 112 Å². The van der Waals surface area contributed by atoms with Gasteiger partial charge >= 0.3 is 0 Å². The average Bonchev–Trinajstić information content (AvgIpc) is 2.82. The molecular weight excluding hydrogens is 262 g/mol. The van der Waals surface area contributed by atoms with E-state index in [1.807, 2.05) is 32.2 Å². The van der Waals surface area contributed by atoms with Crippen molar-refractivity contribution in [3.05, 3.63) is 47.3 Å². The molecule has 4 N–H and O–H groups in total. The number of aromatic nitrogens is 1. The lowest BCUT2D eigenvalue weighted by Gasteiger charge is -2.13. The summed E-state index contributed by atoms with van der Waals surface area (Å²) in [5.41, 5.74) is 3.70. The van der Waals surface area contributed by atoms with Crippen LogP contribution in [0.1, 0.15) is 16.8 Å². The first-order valence-electron chi connectivity index (χ1n) is 5.88. The van der Waals surface area contributed by atoms with E-state index in [1.165, 1.54) is 0 Å². The van der Waals surface area contributed by atoms with Gasteiger partial charge in [0.25, 0.3) is 0 Å². The van der Waals surface area contributed by atoms with E-state index >= 15 is 0 Å². The van der Waals surface area contributed by atoms with E-state index in [9.17, 15) is 8.42 Å². The van der Waals surface area contributed by atoms with Crippen molar-refractivity contribution in [1.82, 2.24) is 4.98 Å². The number of sulfonamides is 1. The van der Waals surface area contributed by atoms with Crippen LogP contribution in [0.2, 0.25) is 0 Å². The van der Waals surface area contributed by atoms with Crippen molar-refractivity contribution in [1.29, 1.82) is 0 Å². The van der Waals surface area contributed by atoms with Crippen LogP contribution in [0.3, 0.4) is 0 Å². The highest BCUT2D eigenvalue weighted by Crippen LogP contribution is 2.23. The summed E-state index contributed by atoms with van der Waals surface area (Å²) in [6, 6.07) is 7.03. The van der Waals surface area contributed by atoms with Gasteiger partial charge in [-0.05, 0) is 49.2 Å². The predicted molar refractivity (Wildman–Crippen MR) is 75.4 cm³/mol. The normalized spacial score (nSPS) is 11.5. The molecule has 0 spiro atoms. The quantitative estimate of drug-likeness (QED) is 0.798. The molecular formula is C13H17N3O2S. The lowest BCUT2D eigenvalue weighted by atomic mass is 10.1. The first-order chi connectivity index (χ1) is 8.88. The minimum atomic E-state index is -3.68. The molecule has 6 heteroatoms. The average molecular weight is 279 g/mol. The molecule has 0 atom stereocenters. The maximum absolute atomic E-state index is 11.4. The second-order valence-electron chi connectivity index (χ2n) is 4.51. The number of nitrogens with one attached hydrogen (secondary N) is 2. The second kappa shape index (κ2) is 5.07. The fraction of sp³-hybridized carbons (Fsp3) is 0.231. The van der Waals surface area contributed by atoms with Gasteiger partial charge < -0.3 is 10.3 Å². The van der Waals surface area contributed by atoms with Crippen molar-refractivity contribution >= 4 is 15.7 Å². The van der Waals surface area contributed by atoms with Gasteiger partial charge in [0.1, 0.15) is 0 Å². The highest BCUT2D eigenvalue weighted by molar-refractivity contribution is 7.89. The lowest BCUT2D eigenvalue weighted by Crippen LogP contribution is -2.13. The standard InChI is InChI=1S/C13H17N3O2S/c1-9-6-12(19(14,17)18)7-13(10(9)2)16-8-11-4-3-5-15-11/h3-7,15-16H,8H2,1-2H3,(H2,14,17,18). The van der Waals surface area contributed by atoms with Gasteiger partial charge in [0, 0.05) is 17.6 Å². The van der Waals surface area contributed by atoms with Crippen LogP contribution in [0.15, 0.2) is 35.4 Å². The van der Waals surface area contributed by atoms with Gasteiger partial charge in [-0.3, -0.25) is 0 Å². The molecule has 2 rings (SSSR count). The number of aryl methyl sites for hydroxylation is 1. The van der Waals surface area contributed by atoms with Crippen LogP contribution in [0, 0.1) is 13.8 Å². The minimum absolute atomic E-state index is 0.129. The number of benzene rings is 1. The molecule has 0 radical (unpaired) electrons. The van der Waals surface area contributed by atoms with Crippen molar-refractivity contribution in [2.75, 3.05) is 5.32 Å². The number of rotatable bonds is 4. The van der Waals surface area contributed by atoms with E-state index in [4.69, 9.17) is 5.14 Å². The van der Waals surface area contributed by atoms with Crippen LogP contribution >= 0.6 is 0 Å². The van der Waals surface area contributed by atoms with Gasteiger partial charge in [-0.25, -0.2) is 13.6 Å². The number of primary sulfonamides is 1. The molecule has 0 aliphatic heterocycles. The van der Waals surface area contributed by atoms with Crippen molar-refractivity contribution < 1.29 is 8.42 Å². The van der Waals surface area contributed by atoms with Gasteiger partial charge in [-0.1, -0.05) is 0 Å². The first kappa shape index (κ1) is 13.6. The molecule has 5 nitrogen and oxygen atoms in total. The van der Waals surface area contributed by atoms with E-state index in [0.29, 0.717) is 6.54 Å². The monoisotopic (exact) mass is 279 g/mol. The maximum atomic E-state index is 11.4. The van der Waals surface area contributed by atoms with Crippen molar-refractivity contribution in [3.63, 3.8) is 0 Å². The molecule has 0 amide bonds. The molecule has 0 fully saturated rings. The van der Waals surface area contributed by atoms with E-state index in [-0.39, 0.29) is 4.90 Å². The van der Waals surface area contributed by atoms with E-state index in [2.05, 4.69) is 10.3 Å². The molecule has 1 heterocycles. The molecule has 1 aromatic carbocycles. The van der Waals surface area contributed by atoms with Crippen LogP contribution in [0.4, 0.5) is 5.69 Å². The zero-order valence-corrected chi connectivity index (χ0v) is 11.7. The Hall–Kier alpha value is -1.79. The zero-order valence-electron chi connectivity index (χ0n) is 10.9. The summed E-state index contributed by atoms with van der Waals surface area (Å²) in [4.78, 5) is 3.21. The van der Waals surface area contributed by atoms with Crippen LogP contribution in [0.25, 0.3) is 0 Å². The summed E-state index contributed by atoms with van der Waals surface area (Å²) in [6.07, 6.45) is 1.84. The van der Waals surface area contributed by atoms with Crippen LogP contribution < -0.4 is 10.5 Å². The molecule has 1 aromatic heterocycles. The Morgan fingerprint density at radius 2 is 2.05 bits per heavy atom. The van der Waals surface area contributed by atoms with Crippen molar-refractivity contribution in [2.24, 2.45) is 5.14 Å². The maximum Gasteiger partial charge on any atom is 0.238 e. The van der Waals surface area contributed by atoms with Crippen molar-refractivity contribution in [2.45, 2.75) is 25.3 Å². The Morgan fingerprint density at radius 3 is 2.63 bits per heavy atom. The van der Waals surface area contributed by atoms with Gasteiger partial charge in [0.15, 0.2) is 0 Å². The van der Waals surface area contributed by atoms with E-state index in [0.717, 1.165) is 22.5 Å². The summed E-state index contributed by atoms with van der Waals surface area (Å²) >= 11 is 0. The molecule has 102 valence electrons. The third-order valence-electron chi connectivity index (χ3n) is 3.10. The minimum Gasteiger partial charge on any atom is -0.379 e.